The Morgan fingerprint density at radius 2 is 1.79 bits per heavy atom. The van der Waals surface area contributed by atoms with Gasteiger partial charge in [-0.3, -0.25) is 0 Å². The summed E-state index contributed by atoms with van der Waals surface area (Å²) in [4.78, 5) is 6.88. The Hall–Kier alpha value is -1.80. The van der Waals surface area contributed by atoms with Crippen molar-refractivity contribution < 1.29 is 4.74 Å². The third-order valence-electron chi connectivity index (χ3n) is 5.40. The maximum absolute atomic E-state index is 6.15. The first-order valence-electron chi connectivity index (χ1n) is 9.89. The number of fused-ring (bicyclic) bond motifs is 1. The second-order valence-corrected chi connectivity index (χ2v) is 7.24. The number of halogens is 1. The van der Waals surface area contributed by atoms with Gasteiger partial charge in [0.1, 0.15) is 0 Å². The summed E-state index contributed by atoms with van der Waals surface area (Å²) < 4.78 is 5.41. The zero-order valence-corrected chi connectivity index (χ0v) is 18.5. The van der Waals surface area contributed by atoms with Gasteiger partial charge in [0.15, 0.2) is 5.96 Å². The fourth-order valence-electron chi connectivity index (χ4n) is 3.89. The molecule has 0 bridgehead atoms. The molecule has 0 aromatic heterocycles. The molecule has 1 aliphatic heterocycles. The van der Waals surface area contributed by atoms with Gasteiger partial charge in [-0.2, -0.15) is 0 Å². The molecule has 1 aliphatic carbocycles. The number of benzene rings is 2. The minimum absolute atomic E-state index is 0. The van der Waals surface area contributed by atoms with E-state index < -0.39 is 0 Å². The van der Waals surface area contributed by atoms with Gasteiger partial charge in [-0.25, -0.2) is 4.99 Å². The highest BCUT2D eigenvalue weighted by Gasteiger charge is 2.13. The smallest absolute Gasteiger partial charge is 0.193 e. The third-order valence-corrected chi connectivity index (χ3v) is 5.40. The van der Waals surface area contributed by atoms with Crippen LogP contribution >= 0.6 is 24.0 Å². The monoisotopic (exact) mass is 492 g/mol. The molecule has 3 N–H and O–H groups in total. The molecule has 0 saturated carbocycles. The van der Waals surface area contributed by atoms with Crippen LogP contribution in [0.15, 0.2) is 47.5 Å². The Kier molecular flexibility index (Phi) is 7.56. The fraction of sp³-hybridized carbons (Fsp3) is 0.409. The van der Waals surface area contributed by atoms with E-state index in [-0.39, 0.29) is 24.0 Å². The Morgan fingerprint density at radius 1 is 1.04 bits per heavy atom. The van der Waals surface area contributed by atoms with E-state index >= 15 is 0 Å². The lowest BCUT2D eigenvalue weighted by atomic mass is 9.90. The van der Waals surface area contributed by atoms with Crippen molar-refractivity contribution in [1.29, 1.82) is 0 Å². The van der Waals surface area contributed by atoms with Gasteiger partial charge in [0.25, 0.3) is 0 Å². The molecule has 0 atom stereocenters. The molecule has 0 unspecified atom stereocenters. The maximum Gasteiger partial charge on any atom is 0.193 e. The number of morpholine rings is 1. The van der Waals surface area contributed by atoms with Gasteiger partial charge in [0.2, 0.25) is 0 Å². The molecular formula is C22H29IN4O. The molecule has 0 radical (unpaired) electrons. The number of nitrogens with zero attached hydrogens (tertiary/aromatic N) is 2. The predicted octanol–water partition coefficient (Wildman–Crippen LogP) is 3.95. The highest BCUT2D eigenvalue weighted by atomic mass is 127. The lowest BCUT2D eigenvalue weighted by Gasteiger charge is -2.28. The molecule has 4 rings (SSSR count). The van der Waals surface area contributed by atoms with E-state index in [1.54, 1.807) is 0 Å². The van der Waals surface area contributed by atoms with Crippen LogP contribution in [0, 0.1) is 0 Å². The summed E-state index contributed by atoms with van der Waals surface area (Å²) in [5, 5.41) is 3.31. The molecule has 0 amide bonds. The van der Waals surface area contributed by atoms with Gasteiger partial charge in [-0.15, -0.1) is 24.0 Å². The highest BCUT2D eigenvalue weighted by molar-refractivity contribution is 14.0. The predicted molar refractivity (Wildman–Crippen MR) is 127 cm³/mol. The summed E-state index contributed by atoms with van der Waals surface area (Å²) in [7, 11) is 0. The van der Waals surface area contributed by atoms with Crippen molar-refractivity contribution in [1.82, 2.24) is 0 Å². The number of hydrogen-bond donors (Lipinski definition) is 2. The van der Waals surface area contributed by atoms with Crippen molar-refractivity contribution in [3.8, 4) is 0 Å². The Balaban J connectivity index is 0.00000225. The number of nitrogens with two attached hydrogens (primary N) is 1. The van der Waals surface area contributed by atoms with Crippen LogP contribution in [-0.4, -0.2) is 32.3 Å². The number of aliphatic imine (C=N–C) groups is 1. The number of rotatable bonds is 4. The van der Waals surface area contributed by atoms with E-state index in [1.165, 1.54) is 29.7 Å². The van der Waals surface area contributed by atoms with Crippen molar-refractivity contribution in [2.75, 3.05) is 36.5 Å². The van der Waals surface area contributed by atoms with Gasteiger partial charge in [-0.1, -0.05) is 24.3 Å². The number of guanidine groups is 1. The summed E-state index contributed by atoms with van der Waals surface area (Å²) in [5.41, 5.74) is 12.5. The van der Waals surface area contributed by atoms with Crippen LogP contribution in [0.25, 0.3) is 0 Å². The summed E-state index contributed by atoms with van der Waals surface area (Å²) in [6.45, 7) is 4.09. The standard InChI is InChI=1S/C22H28N4O.HI/c23-22(25-21-7-3-5-18-4-1-2-6-20(18)21)24-16-17-8-10-19(11-9-17)26-12-14-27-15-13-26;/h3,5,7-11H,1-2,4,6,12-16H2,(H3,23,24,25);1H. The number of anilines is 2. The van der Waals surface area contributed by atoms with E-state index in [1.807, 2.05) is 0 Å². The van der Waals surface area contributed by atoms with Crippen LogP contribution in [0.4, 0.5) is 11.4 Å². The number of hydrogen-bond acceptors (Lipinski definition) is 3. The topological polar surface area (TPSA) is 62.9 Å². The lowest BCUT2D eigenvalue weighted by Crippen LogP contribution is -2.36. The number of nitrogens with one attached hydrogen (secondary N) is 1. The fourth-order valence-corrected chi connectivity index (χ4v) is 3.89. The van der Waals surface area contributed by atoms with Gasteiger partial charge in [0.05, 0.1) is 19.8 Å². The summed E-state index contributed by atoms with van der Waals surface area (Å²) >= 11 is 0. The lowest BCUT2D eigenvalue weighted by molar-refractivity contribution is 0.122. The van der Waals surface area contributed by atoms with Gasteiger partial charge >= 0.3 is 0 Å². The molecule has 28 heavy (non-hydrogen) atoms. The Morgan fingerprint density at radius 3 is 2.57 bits per heavy atom. The van der Waals surface area contributed by atoms with E-state index in [2.05, 4.69) is 57.7 Å². The maximum atomic E-state index is 6.15. The van der Waals surface area contributed by atoms with Crippen molar-refractivity contribution in [3.05, 3.63) is 59.2 Å². The molecule has 5 nitrogen and oxygen atoms in total. The molecule has 1 fully saturated rings. The summed E-state index contributed by atoms with van der Waals surface area (Å²) in [6, 6.07) is 15.0. The van der Waals surface area contributed by atoms with Crippen molar-refractivity contribution in [3.63, 3.8) is 0 Å². The van der Waals surface area contributed by atoms with Crippen LogP contribution < -0.4 is 16.0 Å². The summed E-state index contributed by atoms with van der Waals surface area (Å²) in [6.07, 6.45) is 4.81. The van der Waals surface area contributed by atoms with Gasteiger partial charge in [0, 0.05) is 24.5 Å². The van der Waals surface area contributed by atoms with E-state index in [4.69, 9.17) is 10.5 Å². The molecule has 6 heteroatoms. The molecule has 1 heterocycles. The molecule has 2 aromatic rings. The van der Waals surface area contributed by atoms with E-state index in [0.717, 1.165) is 50.4 Å². The zero-order chi connectivity index (χ0) is 18.5. The molecule has 2 aliphatic rings. The van der Waals surface area contributed by atoms with Crippen molar-refractivity contribution in [2.24, 2.45) is 10.7 Å². The van der Waals surface area contributed by atoms with E-state index in [9.17, 15) is 0 Å². The van der Waals surface area contributed by atoms with Crippen molar-refractivity contribution in [2.45, 2.75) is 32.2 Å². The molecule has 1 saturated heterocycles. The van der Waals surface area contributed by atoms with Gasteiger partial charge < -0.3 is 20.7 Å². The highest BCUT2D eigenvalue weighted by Crippen LogP contribution is 2.27. The van der Waals surface area contributed by atoms with E-state index in [0.29, 0.717) is 12.5 Å². The van der Waals surface area contributed by atoms with Crippen LogP contribution in [0.3, 0.4) is 0 Å². The number of aryl methyl sites for hydroxylation is 1. The molecule has 0 spiro atoms. The Bertz CT molecular complexity index is 801. The summed E-state index contributed by atoms with van der Waals surface area (Å²) in [5.74, 6) is 0.478. The van der Waals surface area contributed by atoms with Crippen LogP contribution in [-0.2, 0) is 24.1 Å². The zero-order valence-electron chi connectivity index (χ0n) is 16.2. The molecular weight excluding hydrogens is 463 g/mol. The third kappa shape index (κ3) is 5.17. The van der Waals surface area contributed by atoms with Crippen LogP contribution in [0.5, 0.6) is 0 Å². The molecule has 150 valence electrons. The average molecular weight is 492 g/mol. The minimum Gasteiger partial charge on any atom is -0.378 e. The minimum atomic E-state index is 0. The Labute approximate surface area is 184 Å². The SMILES string of the molecule is I.NC(=NCc1ccc(N2CCOCC2)cc1)Nc1cccc2c1CCCC2. The average Bonchev–Trinajstić information content (AvgIpc) is 2.74. The first-order chi connectivity index (χ1) is 13.3. The van der Waals surface area contributed by atoms with Crippen LogP contribution in [0.2, 0.25) is 0 Å². The number of ether oxygens (including phenoxy) is 1. The second-order valence-electron chi connectivity index (χ2n) is 7.24. The first kappa shape index (κ1) is 20.9. The van der Waals surface area contributed by atoms with Crippen LogP contribution in [0.1, 0.15) is 29.5 Å². The van der Waals surface area contributed by atoms with Crippen molar-refractivity contribution >= 4 is 41.3 Å². The van der Waals surface area contributed by atoms with Gasteiger partial charge in [-0.05, 0) is 60.6 Å². The molecule has 2 aromatic carbocycles. The quantitative estimate of drug-likeness (QED) is 0.386. The second kappa shape index (κ2) is 10.1. The first-order valence-corrected chi connectivity index (χ1v) is 9.89. The normalized spacial score (nSPS) is 16.9. The largest absolute Gasteiger partial charge is 0.378 e.